The van der Waals surface area contributed by atoms with Gasteiger partial charge in [0.25, 0.3) is 0 Å². The van der Waals surface area contributed by atoms with Crippen LogP contribution in [-0.2, 0) is 16.4 Å². The van der Waals surface area contributed by atoms with Gasteiger partial charge in [-0.15, -0.1) is 0 Å². The number of nitrogens with two attached hydrogens (primary N) is 1. The monoisotopic (exact) mass is 312 g/mol. The highest BCUT2D eigenvalue weighted by molar-refractivity contribution is 7.89. The summed E-state index contributed by atoms with van der Waals surface area (Å²) in [6, 6.07) is 3.93. The highest BCUT2D eigenvalue weighted by Gasteiger charge is 2.17. The fourth-order valence-electron chi connectivity index (χ4n) is 2.62. The smallest absolute Gasteiger partial charge is 0.335 e. The molecule has 0 radical (unpaired) electrons. The summed E-state index contributed by atoms with van der Waals surface area (Å²) in [4.78, 5) is 13.5. The molecule has 1 fully saturated rings. The summed E-state index contributed by atoms with van der Waals surface area (Å²) in [5.41, 5.74) is 0.652. The molecular weight excluding hydrogens is 292 g/mol. The summed E-state index contributed by atoms with van der Waals surface area (Å²) in [7, 11) is -3.82. The van der Waals surface area contributed by atoms with E-state index in [1.807, 2.05) is 0 Å². The van der Waals surface area contributed by atoms with Gasteiger partial charge in [-0.25, -0.2) is 18.4 Å². The van der Waals surface area contributed by atoms with Crippen LogP contribution >= 0.6 is 0 Å². The number of piperidine rings is 1. The van der Waals surface area contributed by atoms with Gasteiger partial charge >= 0.3 is 5.97 Å². The Labute approximate surface area is 124 Å². The first-order valence-electron chi connectivity index (χ1n) is 6.99. The minimum Gasteiger partial charge on any atom is -0.478 e. The Morgan fingerprint density at radius 3 is 2.48 bits per heavy atom. The fourth-order valence-corrected chi connectivity index (χ4v) is 3.19. The SMILES string of the molecule is NS(=O)(=O)c1ccc(C(=O)O)c(CCN2CCCCC2)c1. The van der Waals surface area contributed by atoms with Gasteiger partial charge in [-0.1, -0.05) is 6.42 Å². The van der Waals surface area contributed by atoms with Crippen LogP contribution in [0.3, 0.4) is 0 Å². The molecule has 1 saturated heterocycles. The van der Waals surface area contributed by atoms with E-state index in [1.165, 1.54) is 24.6 Å². The second-order valence-corrected chi connectivity index (χ2v) is 6.88. The number of carboxylic acid groups (broad SMARTS) is 1. The molecule has 1 aromatic carbocycles. The third-order valence-electron chi connectivity index (χ3n) is 3.78. The Morgan fingerprint density at radius 1 is 1.24 bits per heavy atom. The Balaban J connectivity index is 2.20. The van der Waals surface area contributed by atoms with Gasteiger partial charge in [-0.05, 0) is 56.1 Å². The van der Waals surface area contributed by atoms with Crippen molar-refractivity contribution in [3.8, 4) is 0 Å². The lowest BCUT2D eigenvalue weighted by Gasteiger charge is -2.26. The molecule has 0 amide bonds. The quantitative estimate of drug-likeness (QED) is 0.846. The van der Waals surface area contributed by atoms with Crippen molar-refractivity contribution in [1.29, 1.82) is 0 Å². The van der Waals surface area contributed by atoms with E-state index in [0.29, 0.717) is 12.0 Å². The molecule has 0 saturated carbocycles. The van der Waals surface area contributed by atoms with E-state index in [-0.39, 0.29) is 10.5 Å². The van der Waals surface area contributed by atoms with Crippen LogP contribution in [0.2, 0.25) is 0 Å². The molecule has 0 atom stereocenters. The van der Waals surface area contributed by atoms with Crippen LogP contribution in [0.4, 0.5) is 0 Å². The summed E-state index contributed by atoms with van der Waals surface area (Å²) in [5.74, 6) is -1.05. The zero-order valence-corrected chi connectivity index (χ0v) is 12.6. The van der Waals surface area contributed by atoms with Gasteiger partial charge in [-0.3, -0.25) is 0 Å². The first-order chi connectivity index (χ1) is 9.88. The van der Waals surface area contributed by atoms with Crippen molar-refractivity contribution in [2.45, 2.75) is 30.6 Å². The van der Waals surface area contributed by atoms with Crippen LogP contribution in [0.1, 0.15) is 35.2 Å². The van der Waals surface area contributed by atoms with E-state index in [1.54, 1.807) is 0 Å². The topological polar surface area (TPSA) is 101 Å². The van der Waals surface area contributed by atoms with Gasteiger partial charge in [0.15, 0.2) is 0 Å². The minimum atomic E-state index is -3.82. The van der Waals surface area contributed by atoms with Crippen LogP contribution in [0.5, 0.6) is 0 Å². The molecule has 3 N–H and O–H groups in total. The normalized spacial score (nSPS) is 16.8. The average Bonchev–Trinajstić information content (AvgIpc) is 2.45. The summed E-state index contributed by atoms with van der Waals surface area (Å²) in [6.07, 6.45) is 4.05. The largest absolute Gasteiger partial charge is 0.478 e. The van der Waals surface area contributed by atoms with E-state index >= 15 is 0 Å². The molecule has 1 aliphatic heterocycles. The molecule has 21 heavy (non-hydrogen) atoms. The van der Waals surface area contributed by atoms with E-state index in [9.17, 15) is 18.3 Å². The zero-order valence-electron chi connectivity index (χ0n) is 11.8. The van der Waals surface area contributed by atoms with Gasteiger partial charge in [-0.2, -0.15) is 0 Å². The van der Waals surface area contributed by atoms with Crippen molar-refractivity contribution >= 4 is 16.0 Å². The lowest BCUT2D eigenvalue weighted by molar-refractivity contribution is 0.0695. The van der Waals surface area contributed by atoms with Crippen LogP contribution in [0, 0.1) is 0 Å². The number of carboxylic acids is 1. The number of rotatable bonds is 5. The standard InChI is InChI=1S/C14H20N2O4S/c15-21(19,20)12-4-5-13(14(17)18)11(10-12)6-9-16-7-2-1-3-8-16/h4-5,10H,1-3,6-9H2,(H,17,18)(H2,15,19,20). The van der Waals surface area contributed by atoms with Gasteiger partial charge < -0.3 is 10.0 Å². The third kappa shape index (κ3) is 4.26. The highest BCUT2D eigenvalue weighted by Crippen LogP contribution is 2.17. The van der Waals surface area contributed by atoms with Crippen molar-refractivity contribution in [3.05, 3.63) is 29.3 Å². The van der Waals surface area contributed by atoms with Crippen LogP contribution in [0.25, 0.3) is 0 Å². The third-order valence-corrected chi connectivity index (χ3v) is 4.69. The number of hydrogen-bond donors (Lipinski definition) is 2. The lowest BCUT2D eigenvalue weighted by atomic mass is 10.0. The maximum Gasteiger partial charge on any atom is 0.335 e. The molecule has 0 aromatic heterocycles. The Bertz CT molecular complexity index is 622. The van der Waals surface area contributed by atoms with Gasteiger partial charge in [0, 0.05) is 6.54 Å². The van der Waals surface area contributed by atoms with E-state index in [0.717, 1.165) is 32.5 Å². The summed E-state index contributed by atoms with van der Waals surface area (Å²) in [6.45, 7) is 2.75. The number of hydrogen-bond acceptors (Lipinski definition) is 4. The first-order valence-corrected chi connectivity index (χ1v) is 8.54. The number of carbonyl (C=O) groups is 1. The molecular formula is C14H20N2O4S. The van der Waals surface area contributed by atoms with Gasteiger partial charge in [0.2, 0.25) is 10.0 Å². The Hall–Kier alpha value is -1.44. The van der Waals surface area contributed by atoms with Crippen LogP contribution < -0.4 is 5.14 Å². The number of primary sulfonamides is 1. The van der Waals surface area contributed by atoms with Crippen LogP contribution in [-0.4, -0.2) is 44.0 Å². The molecule has 1 heterocycles. The van der Waals surface area contributed by atoms with Crippen molar-refractivity contribution < 1.29 is 18.3 Å². The van der Waals surface area contributed by atoms with Crippen molar-refractivity contribution in [2.24, 2.45) is 5.14 Å². The molecule has 0 aliphatic carbocycles. The predicted octanol–water partition coefficient (Wildman–Crippen LogP) is 1.06. The first kappa shape index (κ1) is 15.9. The molecule has 2 rings (SSSR count). The van der Waals surface area contributed by atoms with E-state index < -0.39 is 16.0 Å². The average molecular weight is 312 g/mol. The maximum absolute atomic E-state index is 11.4. The molecule has 116 valence electrons. The summed E-state index contributed by atoms with van der Waals surface area (Å²) < 4.78 is 22.8. The van der Waals surface area contributed by atoms with Gasteiger partial charge in [0.1, 0.15) is 0 Å². The number of aromatic carboxylic acids is 1. The minimum absolute atomic E-state index is 0.0406. The number of likely N-dealkylation sites (tertiary alicyclic amines) is 1. The number of nitrogens with zero attached hydrogens (tertiary/aromatic N) is 1. The van der Waals surface area contributed by atoms with E-state index in [4.69, 9.17) is 5.14 Å². The van der Waals surface area contributed by atoms with Crippen molar-refractivity contribution in [3.63, 3.8) is 0 Å². The molecule has 6 nitrogen and oxygen atoms in total. The molecule has 7 heteroatoms. The van der Waals surface area contributed by atoms with Crippen LogP contribution in [0.15, 0.2) is 23.1 Å². The molecule has 1 aromatic rings. The molecule has 0 bridgehead atoms. The fraction of sp³-hybridized carbons (Fsp3) is 0.500. The summed E-state index contributed by atoms with van der Waals surface area (Å²) in [5, 5.41) is 14.3. The Morgan fingerprint density at radius 2 is 1.90 bits per heavy atom. The maximum atomic E-state index is 11.4. The van der Waals surface area contributed by atoms with Gasteiger partial charge in [0.05, 0.1) is 10.5 Å². The molecule has 1 aliphatic rings. The van der Waals surface area contributed by atoms with Crippen molar-refractivity contribution in [1.82, 2.24) is 4.90 Å². The van der Waals surface area contributed by atoms with E-state index in [2.05, 4.69) is 4.90 Å². The number of sulfonamides is 1. The number of benzene rings is 1. The van der Waals surface area contributed by atoms with Crippen molar-refractivity contribution in [2.75, 3.05) is 19.6 Å². The zero-order chi connectivity index (χ0) is 15.5. The summed E-state index contributed by atoms with van der Waals surface area (Å²) >= 11 is 0. The second-order valence-electron chi connectivity index (χ2n) is 5.32. The molecule has 0 unspecified atom stereocenters. The predicted molar refractivity (Wildman–Crippen MR) is 78.8 cm³/mol. The Kier molecular flexibility index (Phi) is 4.97. The lowest BCUT2D eigenvalue weighted by Crippen LogP contribution is -2.31. The second kappa shape index (κ2) is 6.55. The highest BCUT2D eigenvalue weighted by atomic mass is 32.2. The molecule has 0 spiro atoms.